The molecule has 0 aliphatic carbocycles. The van der Waals surface area contributed by atoms with Gasteiger partial charge in [-0.05, 0) is 34.5 Å². The number of fused-ring (bicyclic) bond motifs is 1. The molecule has 0 bridgehead atoms. The van der Waals surface area contributed by atoms with Crippen LogP contribution < -0.4 is 11.1 Å². The number of benzene rings is 3. The summed E-state index contributed by atoms with van der Waals surface area (Å²) in [5, 5.41) is 3.75. The quantitative estimate of drug-likeness (QED) is 0.549. The first-order chi connectivity index (χ1) is 14.9. The molecule has 0 unspecified atom stereocenters. The van der Waals surface area contributed by atoms with Gasteiger partial charge in [-0.3, -0.25) is 9.59 Å². The van der Waals surface area contributed by atoms with Gasteiger partial charge in [0.15, 0.2) is 0 Å². The molecule has 0 aliphatic rings. The highest BCUT2D eigenvalue weighted by Gasteiger charge is 2.37. The van der Waals surface area contributed by atoms with E-state index in [0.29, 0.717) is 17.7 Å². The third-order valence-electron chi connectivity index (χ3n) is 4.80. The average molecular weight is 454 g/mol. The SMILES string of the molecule is NC(=O)[C@@H](Cc1cccc2ccccc12)NC(=O)c1cc(C(F)(F)F)cc(C(F)(F)F)c1. The van der Waals surface area contributed by atoms with Gasteiger partial charge in [-0.1, -0.05) is 42.5 Å². The highest BCUT2D eigenvalue weighted by molar-refractivity contribution is 5.98. The fraction of sp³-hybridized carbons (Fsp3) is 0.182. The van der Waals surface area contributed by atoms with Gasteiger partial charge in [0, 0.05) is 12.0 Å². The lowest BCUT2D eigenvalue weighted by Crippen LogP contribution is -2.46. The number of nitrogens with one attached hydrogen (secondary N) is 1. The van der Waals surface area contributed by atoms with E-state index in [1.165, 1.54) is 0 Å². The van der Waals surface area contributed by atoms with E-state index in [-0.39, 0.29) is 12.5 Å². The molecule has 32 heavy (non-hydrogen) atoms. The topological polar surface area (TPSA) is 72.2 Å². The second-order valence-corrected chi connectivity index (χ2v) is 7.07. The number of rotatable bonds is 5. The standard InChI is InChI=1S/C22H16F6N2O2/c23-21(24,25)15-8-14(9-16(11-15)22(26,27)28)20(32)30-18(19(29)31)10-13-6-3-5-12-4-1-2-7-17(12)13/h1-9,11,18H,10H2,(H2,29,31)(H,30,32)/t18-/m1/s1. The third-order valence-corrected chi connectivity index (χ3v) is 4.80. The maximum absolute atomic E-state index is 13.1. The van der Waals surface area contributed by atoms with Crippen molar-refractivity contribution < 1.29 is 35.9 Å². The molecular weight excluding hydrogens is 438 g/mol. The predicted molar refractivity (Wildman–Crippen MR) is 105 cm³/mol. The molecule has 0 aromatic heterocycles. The molecule has 0 fully saturated rings. The molecule has 3 aromatic carbocycles. The Labute approximate surface area is 178 Å². The van der Waals surface area contributed by atoms with Crippen molar-refractivity contribution in [1.82, 2.24) is 5.32 Å². The molecule has 0 spiro atoms. The molecule has 0 radical (unpaired) electrons. The number of hydrogen-bond donors (Lipinski definition) is 2. The van der Waals surface area contributed by atoms with Crippen molar-refractivity contribution in [3.05, 3.63) is 82.9 Å². The second-order valence-electron chi connectivity index (χ2n) is 7.07. The van der Waals surface area contributed by atoms with Gasteiger partial charge >= 0.3 is 12.4 Å². The Morgan fingerprint density at radius 3 is 1.97 bits per heavy atom. The van der Waals surface area contributed by atoms with E-state index in [9.17, 15) is 35.9 Å². The summed E-state index contributed by atoms with van der Waals surface area (Å²) in [6.45, 7) is 0. The minimum absolute atomic E-state index is 0.0849. The number of carbonyl (C=O) groups excluding carboxylic acids is 2. The van der Waals surface area contributed by atoms with Crippen molar-refractivity contribution in [2.24, 2.45) is 5.73 Å². The maximum Gasteiger partial charge on any atom is 0.416 e. The average Bonchev–Trinajstić information content (AvgIpc) is 2.71. The van der Waals surface area contributed by atoms with Crippen LogP contribution >= 0.6 is 0 Å². The van der Waals surface area contributed by atoms with E-state index < -0.39 is 46.9 Å². The molecule has 0 aliphatic heterocycles. The third kappa shape index (κ3) is 5.19. The van der Waals surface area contributed by atoms with Crippen LogP contribution in [0.15, 0.2) is 60.7 Å². The summed E-state index contributed by atoms with van der Waals surface area (Å²) in [6.07, 6.45) is -10.3. The molecule has 0 heterocycles. The van der Waals surface area contributed by atoms with Gasteiger partial charge in [0.2, 0.25) is 5.91 Å². The first-order valence-corrected chi connectivity index (χ1v) is 9.22. The van der Waals surface area contributed by atoms with E-state index in [4.69, 9.17) is 5.73 Å². The minimum Gasteiger partial charge on any atom is -0.368 e. The van der Waals surface area contributed by atoms with Crippen LogP contribution in [0.2, 0.25) is 0 Å². The Kier molecular flexibility index (Phi) is 6.16. The number of amides is 2. The van der Waals surface area contributed by atoms with Crippen LogP contribution in [0.5, 0.6) is 0 Å². The van der Waals surface area contributed by atoms with Gasteiger partial charge in [-0.2, -0.15) is 26.3 Å². The second kappa shape index (κ2) is 8.52. The van der Waals surface area contributed by atoms with Crippen molar-refractivity contribution in [2.75, 3.05) is 0 Å². The normalized spacial score (nSPS) is 13.1. The Bertz CT molecular complexity index is 1130. The smallest absolute Gasteiger partial charge is 0.368 e. The summed E-state index contributed by atoms with van der Waals surface area (Å²) < 4.78 is 78.3. The largest absolute Gasteiger partial charge is 0.416 e. The van der Waals surface area contributed by atoms with Gasteiger partial charge in [0.25, 0.3) is 5.91 Å². The van der Waals surface area contributed by atoms with Crippen LogP contribution in [0.1, 0.15) is 27.0 Å². The van der Waals surface area contributed by atoms with Crippen LogP contribution in [0.3, 0.4) is 0 Å². The predicted octanol–water partition coefficient (Wildman–Crippen LogP) is 4.70. The molecule has 1 atom stereocenters. The van der Waals surface area contributed by atoms with E-state index >= 15 is 0 Å². The Morgan fingerprint density at radius 2 is 1.41 bits per heavy atom. The van der Waals surface area contributed by atoms with Crippen molar-refractivity contribution in [3.8, 4) is 0 Å². The van der Waals surface area contributed by atoms with E-state index in [0.717, 1.165) is 10.8 Å². The number of carbonyl (C=O) groups is 2. The molecule has 4 nitrogen and oxygen atoms in total. The fourth-order valence-corrected chi connectivity index (χ4v) is 3.24. The molecular formula is C22H16F6N2O2. The van der Waals surface area contributed by atoms with Crippen LogP contribution in [-0.2, 0) is 23.6 Å². The van der Waals surface area contributed by atoms with Crippen LogP contribution in [0.4, 0.5) is 26.3 Å². The van der Waals surface area contributed by atoms with Crippen LogP contribution in [0.25, 0.3) is 10.8 Å². The highest BCUT2D eigenvalue weighted by atomic mass is 19.4. The summed E-state index contributed by atoms with van der Waals surface area (Å²) in [4.78, 5) is 24.4. The molecule has 168 valence electrons. The zero-order valence-corrected chi connectivity index (χ0v) is 16.2. The number of primary amides is 1. The van der Waals surface area contributed by atoms with Crippen molar-refractivity contribution in [2.45, 2.75) is 24.8 Å². The Hall–Kier alpha value is -3.56. The molecule has 3 N–H and O–H groups in total. The van der Waals surface area contributed by atoms with Gasteiger partial charge in [0.05, 0.1) is 11.1 Å². The maximum atomic E-state index is 13.1. The van der Waals surface area contributed by atoms with Gasteiger partial charge in [0.1, 0.15) is 6.04 Å². The highest BCUT2D eigenvalue weighted by Crippen LogP contribution is 2.36. The minimum atomic E-state index is -5.11. The summed E-state index contributed by atoms with van der Waals surface area (Å²) in [7, 11) is 0. The number of nitrogens with two attached hydrogens (primary N) is 1. The van der Waals surface area contributed by atoms with Crippen LogP contribution in [0, 0.1) is 0 Å². The lowest BCUT2D eigenvalue weighted by molar-refractivity contribution is -0.143. The molecule has 2 amide bonds. The molecule has 0 saturated carbocycles. The fourth-order valence-electron chi connectivity index (χ4n) is 3.24. The van der Waals surface area contributed by atoms with Crippen molar-refractivity contribution in [1.29, 1.82) is 0 Å². The summed E-state index contributed by atoms with van der Waals surface area (Å²) in [6, 6.07) is 11.5. The van der Waals surface area contributed by atoms with E-state index in [2.05, 4.69) is 5.32 Å². The first-order valence-electron chi connectivity index (χ1n) is 9.22. The molecule has 3 rings (SSSR count). The Morgan fingerprint density at radius 1 is 0.844 bits per heavy atom. The van der Waals surface area contributed by atoms with Crippen LogP contribution in [-0.4, -0.2) is 17.9 Å². The lowest BCUT2D eigenvalue weighted by Gasteiger charge is -2.18. The Balaban J connectivity index is 1.93. The van der Waals surface area contributed by atoms with Gasteiger partial charge in [-0.25, -0.2) is 0 Å². The zero-order valence-electron chi connectivity index (χ0n) is 16.2. The number of halogens is 6. The zero-order chi connectivity index (χ0) is 23.7. The van der Waals surface area contributed by atoms with Gasteiger partial charge < -0.3 is 11.1 Å². The molecule has 3 aromatic rings. The lowest BCUT2D eigenvalue weighted by atomic mass is 9.98. The van der Waals surface area contributed by atoms with Crippen molar-refractivity contribution >= 4 is 22.6 Å². The summed E-state index contributed by atoms with van der Waals surface area (Å²) in [5.74, 6) is -2.28. The van der Waals surface area contributed by atoms with E-state index in [1.54, 1.807) is 30.3 Å². The molecule has 10 heteroatoms. The van der Waals surface area contributed by atoms with E-state index in [1.807, 2.05) is 12.1 Å². The summed E-state index contributed by atoms with van der Waals surface area (Å²) in [5.41, 5.74) is 1.79. The van der Waals surface area contributed by atoms with Crippen molar-refractivity contribution in [3.63, 3.8) is 0 Å². The number of alkyl halides is 6. The summed E-state index contributed by atoms with van der Waals surface area (Å²) >= 11 is 0. The first kappa shape index (κ1) is 23.1. The molecule has 0 saturated heterocycles. The number of hydrogen-bond acceptors (Lipinski definition) is 2. The van der Waals surface area contributed by atoms with Gasteiger partial charge in [-0.15, -0.1) is 0 Å². The monoisotopic (exact) mass is 454 g/mol.